The van der Waals surface area contributed by atoms with Gasteiger partial charge >= 0.3 is 0 Å². The van der Waals surface area contributed by atoms with Crippen molar-refractivity contribution in [2.75, 3.05) is 18.4 Å². The molecule has 3 aromatic heterocycles. The molecule has 0 bridgehead atoms. The summed E-state index contributed by atoms with van der Waals surface area (Å²) in [5.41, 5.74) is 2.19. The van der Waals surface area contributed by atoms with Crippen LogP contribution in [0.15, 0.2) is 18.7 Å². The molecule has 3 aromatic rings. The summed E-state index contributed by atoms with van der Waals surface area (Å²) in [5.74, 6) is 2.70. The summed E-state index contributed by atoms with van der Waals surface area (Å²) < 4.78 is 2.02. The first-order valence-corrected chi connectivity index (χ1v) is 10.6. The van der Waals surface area contributed by atoms with Crippen LogP contribution in [0.2, 0.25) is 0 Å². The fraction of sp³-hybridized carbons (Fsp3) is 0.524. The molecule has 1 aliphatic heterocycles. The minimum atomic E-state index is -0.341. The number of carbonyl (C=O) groups is 1. The number of likely N-dealkylation sites (tertiary alicyclic amines) is 1. The predicted octanol–water partition coefficient (Wildman–Crippen LogP) is 2.67. The Hall–Kier alpha value is -3.10. The van der Waals surface area contributed by atoms with E-state index in [9.17, 15) is 4.79 Å². The van der Waals surface area contributed by atoms with Crippen LogP contribution < -0.4 is 5.32 Å². The molecule has 0 spiro atoms. The van der Waals surface area contributed by atoms with E-state index in [-0.39, 0.29) is 11.9 Å². The molecule has 1 saturated heterocycles. The molecule has 0 aliphatic carbocycles. The lowest BCUT2D eigenvalue weighted by Gasteiger charge is -2.23. The SMILES string of the molecule is CC[C@@H](Nc1ncnc2c1nc(-c1cnc(C)nc1)n2CC)C(=O)N1CC[C@H](C)C1. The van der Waals surface area contributed by atoms with Gasteiger partial charge in [0.15, 0.2) is 17.0 Å². The predicted molar refractivity (Wildman–Crippen MR) is 115 cm³/mol. The third-order valence-corrected chi connectivity index (χ3v) is 5.64. The zero-order valence-electron chi connectivity index (χ0n) is 18.0. The number of carbonyl (C=O) groups excluding carboxylic acids is 1. The highest BCUT2D eigenvalue weighted by molar-refractivity contribution is 5.90. The van der Waals surface area contributed by atoms with Gasteiger partial charge in [0, 0.05) is 32.0 Å². The van der Waals surface area contributed by atoms with E-state index in [0.717, 1.165) is 36.5 Å². The second-order valence-corrected chi connectivity index (χ2v) is 7.88. The molecule has 4 heterocycles. The number of aromatic nitrogens is 6. The lowest BCUT2D eigenvalue weighted by Crippen LogP contribution is -2.41. The Kier molecular flexibility index (Phi) is 5.61. The number of anilines is 1. The van der Waals surface area contributed by atoms with Crippen LogP contribution in [0.3, 0.4) is 0 Å². The quantitative estimate of drug-likeness (QED) is 0.669. The molecule has 30 heavy (non-hydrogen) atoms. The van der Waals surface area contributed by atoms with Crippen LogP contribution in [0.4, 0.5) is 5.82 Å². The lowest BCUT2D eigenvalue weighted by atomic mass is 10.1. The van der Waals surface area contributed by atoms with Crippen molar-refractivity contribution in [1.82, 2.24) is 34.4 Å². The van der Waals surface area contributed by atoms with Crippen molar-refractivity contribution in [3.05, 3.63) is 24.5 Å². The van der Waals surface area contributed by atoms with Gasteiger partial charge in [0.05, 0.1) is 5.56 Å². The monoisotopic (exact) mass is 408 g/mol. The first-order chi connectivity index (χ1) is 14.5. The summed E-state index contributed by atoms with van der Waals surface area (Å²) >= 11 is 0. The Morgan fingerprint density at radius 2 is 2.00 bits per heavy atom. The molecule has 1 aliphatic rings. The van der Waals surface area contributed by atoms with E-state index in [2.05, 4.69) is 32.2 Å². The fourth-order valence-corrected chi connectivity index (χ4v) is 3.93. The number of hydrogen-bond acceptors (Lipinski definition) is 7. The van der Waals surface area contributed by atoms with Crippen LogP contribution >= 0.6 is 0 Å². The molecule has 9 nitrogen and oxygen atoms in total. The van der Waals surface area contributed by atoms with E-state index in [4.69, 9.17) is 4.98 Å². The summed E-state index contributed by atoms with van der Waals surface area (Å²) in [5, 5.41) is 3.34. The van der Waals surface area contributed by atoms with Crippen molar-refractivity contribution in [3.8, 4) is 11.4 Å². The molecule has 1 N–H and O–H groups in total. The molecular formula is C21H28N8O. The van der Waals surface area contributed by atoms with Crippen LogP contribution in [-0.4, -0.2) is 59.4 Å². The zero-order valence-corrected chi connectivity index (χ0v) is 18.0. The molecule has 0 unspecified atom stereocenters. The molecule has 4 rings (SSSR count). The number of imidazole rings is 1. The average Bonchev–Trinajstić information content (AvgIpc) is 3.35. The van der Waals surface area contributed by atoms with Gasteiger partial charge in [-0.2, -0.15) is 0 Å². The maximum absolute atomic E-state index is 13.0. The van der Waals surface area contributed by atoms with Crippen molar-refractivity contribution in [1.29, 1.82) is 0 Å². The number of rotatable bonds is 6. The smallest absolute Gasteiger partial charge is 0.245 e. The molecule has 1 fully saturated rings. The number of aryl methyl sites for hydroxylation is 2. The van der Waals surface area contributed by atoms with Crippen LogP contribution in [0, 0.1) is 12.8 Å². The number of amides is 1. The molecule has 1 amide bonds. The third-order valence-electron chi connectivity index (χ3n) is 5.64. The van der Waals surface area contributed by atoms with Crippen LogP contribution in [0.25, 0.3) is 22.6 Å². The van der Waals surface area contributed by atoms with E-state index >= 15 is 0 Å². The molecule has 2 atom stereocenters. The lowest BCUT2D eigenvalue weighted by molar-refractivity contribution is -0.131. The Morgan fingerprint density at radius 3 is 2.63 bits per heavy atom. The van der Waals surface area contributed by atoms with Crippen molar-refractivity contribution in [2.45, 2.75) is 53.1 Å². The van der Waals surface area contributed by atoms with Gasteiger partial charge in [-0.05, 0) is 32.6 Å². The summed E-state index contributed by atoms with van der Waals surface area (Å²) in [6.07, 6.45) is 6.78. The van der Waals surface area contributed by atoms with E-state index in [1.807, 2.05) is 30.2 Å². The van der Waals surface area contributed by atoms with Gasteiger partial charge in [0.25, 0.3) is 0 Å². The number of nitrogens with one attached hydrogen (secondary N) is 1. The Labute approximate surface area is 176 Å². The van der Waals surface area contributed by atoms with Crippen molar-refractivity contribution in [3.63, 3.8) is 0 Å². The summed E-state index contributed by atoms with van der Waals surface area (Å²) in [4.78, 5) is 37.2. The molecule has 0 radical (unpaired) electrons. The molecule has 0 saturated carbocycles. The van der Waals surface area contributed by atoms with Gasteiger partial charge < -0.3 is 14.8 Å². The Balaban J connectivity index is 1.69. The van der Waals surface area contributed by atoms with Crippen molar-refractivity contribution >= 4 is 22.9 Å². The Morgan fingerprint density at radius 1 is 1.23 bits per heavy atom. The standard InChI is InChI=1S/C21H28N8O/c1-5-16(21(30)28-8-7-13(3)11-28)26-18-17-20(25-12-24-18)29(6-2)19(27-17)15-9-22-14(4)23-10-15/h9-10,12-13,16H,5-8,11H2,1-4H3,(H,24,25,26)/t13-,16+/m0/s1. The second kappa shape index (κ2) is 8.33. The highest BCUT2D eigenvalue weighted by atomic mass is 16.2. The van der Waals surface area contributed by atoms with Gasteiger partial charge in [-0.15, -0.1) is 0 Å². The normalized spacial score (nSPS) is 17.5. The summed E-state index contributed by atoms with van der Waals surface area (Å²) in [6.45, 7) is 10.4. The van der Waals surface area contributed by atoms with Crippen molar-refractivity contribution in [2.24, 2.45) is 5.92 Å². The summed E-state index contributed by atoms with van der Waals surface area (Å²) in [7, 11) is 0. The number of nitrogens with zero attached hydrogens (tertiary/aromatic N) is 7. The van der Waals surface area contributed by atoms with E-state index in [1.54, 1.807) is 12.4 Å². The second-order valence-electron chi connectivity index (χ2n) is 7.88. The summed E-state index contributed by atoms with van der Waals surface area (Å²) in [6, 6.07) is -0.341. The zero-order chi connectivity index (χ0) is 21.3. The van der Waals surface area contributed by atoms with Crippen LogP contribution in [-0.2, 0) is 11.3 Å². The largest absolute Gasteiger partial charge is 0.356 e. The third kappa shape index (κ3) is 3.71. The first-order valence-electron chi connectivity index (χ1n) is 10.6. The highest BCUT2D eigenvalue weighted by Crippen LogP contribution is 2.27. The highest BCUT2D eigenvalue weighted by Gasteiger charge is 2.29. The van der Waals surface area contributed by atoms with Crippen LogP contribution in [0.5, 0.6) is 0 Å². The minimum absolute atomic E-state index is 0.121. The van der Waals surface area contributed by atoms with Crippen molar-refractivity contribution < 1.29 is 4.79 Å². The minimum Gasteiger partial charge on any atom is -0.356 e. The van der Waals surface area contributed by atoms with E-state index < -0.39 is 0 Å². The van der Waals surface area contributed by atoms with Gasteiger partial charge in [0.2, 0.25) is 5.91 Å². The van der Waals surface area contributed by atoms with Gasteiger partial charge in [-0.25, -0.2) is 24.9 Å². The van der Waals surface area contributed by atoms with E-state index in [1.165, 1.54) is 6.33 Å². The fourth-order valence-electron chi connectivity index (χ4n) is 3.93. The topological polar surface area (TPSA) is 102 Å². The molecule has 9 heteroatoms. The molecule has 158 valence electrons. The maximum atomic E-state index is 13.0. The first kappa shape index (κ1) is 20.2. The molecule has 0 aromatic carbocycles. The number of hydrogen-bond donors (Lipinski definition) is 1. The van der Waals surface area contributed by atoms with Gasteiger partial charge in [0.1, 0.15) is 24.0 Å². The van der Waals surface area contributed by atoms with Gasteiger partial charge in [-0.3, -0.25) is 4.79 Å². The molecular weight excluding hydrogens is 380 g/mol. The number of fused-ring (bicyclic) bond motifs is 1. The Bertz CT molecular complexity index is 1050. The maximum Gasteiger partial charge on any atom is 0.245 e. The van der Waals surface area contributed by atoms with Gasteiger partial charge in [-0.1, -0.05) is 13.8 Å². The van der Waals surface area contributed by atoms with E-state index in [0.29, 0.717) is 36.0 Å². The average molecular weight is 409 g/mol. The van der Waals surface area contributed by atoms with Crippen LogP contribution in [0.1, 0.15) is 39.4 Å².